The van der Waals surface area contributed by atoms with E-state index in [1.807, 2.05) is 48.5 Å². The Kier molecular flexibility index (Phi) is 3.98. The van der Waals surface area contributed by atoms with Gasteiger partial charge in [0.1, 0.15) is 11.4 Å². The number of fused-ring (bicyclic) bond motifs is 1. The summed E-state index contributed by atoms with van der Waals surface area (Å²) in [5.41, 5.74) is 3.51. The van der Waals surface area contributed by atoms with E-state index < -0.39 is 0 Å². The van der Waals surface area contributed by atoms with Crippen LogP contribution < -0.4 is 4.74 Å². The summed E-state index contributed by atoms with van der Waals surface area (Å²) in [5, 5.41) is 4.09. The Hall–Kier alpha value is -3.08. The van der Waals surface area contributed by atoms with Crippen molar-refractivity contribution in [2.24, 2.45) is 0 Å². The highest BCUT2D eigenvalue weighted by Crippen LogP contribution is 2.26. The molecule has 1 aromatic heterocycles. The van der Waals surface area contributed by atoms with Gasteiger partial charge in [-0.25, -0.2) is 0 Å². The van der Waals surface area contributed by atoms with Crippen LogP contribution in [0.4, 0.5) is 0 Å². The minimum atomic E-state index is -0.0487. The zero-order valence-electron chi connectivity index (χ0n) is 13.9. The molecular formula is C20H18N2O3. The van der Waals surface area contributed by atoms with Gasteiger partial charge < -0.3 is 14.2 Å². The average molecular weight is 334 g/mol. The molecule has 0 fully saturated rings. The molecule has 5 nitrogen and oxygen atoms in total. The van der Waals surface area contributed by atoms with Crippen molar-refractivity contribution in [3.8, 4) is 17.0 Å². The molecule has 0 unspecified atom stereocenters. The fourth-order valence-electron chi connectivity index (χ4n) is 2.98. The molecule has 0 aliphatic carbocycles. The summed E-state index contributed by atoms with van der Waals surface area (Å²) in [6.07, 6.45) is 0.850. The molecule has 0 spiro atoms. The lowest BCUT2D eigenvalue weighted by atomic mass is 10.1. The van der Waals surface area contributed by atoms with Gasteiger partial charge >= 0.3 is 0 Å². The molecule has 1 aliphatic rings. The van der Waals surface area contributed by atoms with Gasteiger partial charge in [-0.05, 0) is 23.8 Å². The van der Waals surface area contributed by atoms with E-state index in [0.29, 0.717) is 24.5 Å². The van der Waals surface area contributed by atoms with Crippen molar-refractivity contribution in [3.05, 3.63) is 71.5 Å². The van der Waals surface area contributed by atoms with Gasteiger partial charge in [-0.15, -0.1) is 0 Å². The molecule has 0 N–H and O–H groups in total. The van der Waals surface area contributed by atoms with Crippen molar-refractivity contribution in [2.45, 2.75) is 13.0 Å². The van der Waals surface area contributed by atoms with Crippen LogP contribution in [0.1, 0.15) is 21.7 Å². The Morgan fingerprint density at radius 1 is 1.16 bits per heavy atom. The lowest BCUT2D eigenvalue weighted by molar-refractivity contribution is 0.0772. The summed E-state index contributed by atoms with van der Waals surface area (Å²) in [5.74, 6) is 1.48. The van der Waals surface area contributed by atoms with E-state index in [2.05, 4.69) is 5.16 Å². The van der Waals surface area contributed by atoms with E-state index >= 15 is 0 Å². The Balaban J connectivity index is 1.47. The third kappa shape index (κ3) is 3.13. The fraction of sp³-hybridized carbons (Fsp3) is 0.200. The van der Waals surface area contributed by atoms with Gasteiger partial charge in [0.25, 0.3) is 5.91 Å². The number of aromatic nitrogens is 1. The molecule has 3 aromatic rings. The molecule has 5 heteroatoms. The van der Waals surface area contributed by atoms with E-state index in [1.165, 1.54) is 0 Å². The normalized spacial score (nSPS) is 12.5. The van der Waals surface area contributed by atoms with Crippen LogP contribution in [-0.4, -0.2) is 29.6 Å². The molecule has 0 atom stereocenters. The summed E-state index contributed by atoms with van der Waals surface area (Å²) < 4.78 is 10.9. The number of amides is 1. The third-order valence-electron chi connectivity index (χ3n) is 4.30. The Bertz CT molecular complexity index is 902. The summed E-state index contributed by atoms with van der Waals surface area (Å²) in [4.78, 5) is 14.3. The molecule has 1 amide bonds. The van der Waals surface area contributed by atoms with Crippen LogP contribution in [0.5, 0.6) is 5.75 Å². The molecule has 0 radical (unpaired) electrons. The third-order valence-corrected chi connectivity index (χ3v) is 4.30. The molecule has 4 rings (SSSR count). The predicted octanol–water partition coefficient (Wildman–Crippen LogP) is 3.55. The molecule has 2 aromatic carbocycles. The number of hydrogen-bond acceptors (Lipinski definition) is 4. The fourth-order valence-corrected chi connectivity index (χ4v) is 2.98. The number of benzene rings is 2. The van der Waals surface area contributed by atoms with E-state index in [9.17, 15) is 4.79 Å². The van der Waals surface area contributed by atoms with Gasteiger partial charge in [-0.2, -0.15) is 0 Å². The zero-order valence-corrected chi connectivity index (χ0v) is 13.9. The van der Waals surface area contributed by atoms with Crippen LogP contribution >= 0.6 is 0 Å². The SMILES string of the molecule is CN(Cc1cc(-c2ccccc2)no1)C(=O)c1ccc2c(c1)CCO2. The first-order valence-electron chi connectivity index (χ1n) is 8.23. The highest BCUT2D eigenvalue weighted by molar-refractivity contribution is 5.94. The van der Waals surface area contributed by atoms with Crippen LogP contribution in [-0.2, 0) is 13.0 Å². The number of ether oxygens (including phenoxy) is 1. The molecule has 0 bridgehead atoms. The highest BCUT2D eigenvalue weighted by Gasteiger charge is 2.18. The molecule has 25 heavy (non-hydrogen) atoms. The zero-order chi connectivity index (χ0) is 17.2. The summed E-state index contributed by atoms with van der Waals surface area (Å²) in [6, 6.07) is 17.3. The lowest BCUT2D eigenvalue weighted by Crippen LogP contribution is -2.26. The van der Waals surface area contributed by atoms with Crippen molar-refractivity contribution in [2.75, 3.05) is 13.7 Å². The van der Waals surface area contributed by atoms with E-state index in [0.717, 1.165) is 29.0 Å². The Morgan fingerprint density at radius 2 is 2.00 bits per heavy atom. The first kappa shape index (κ1) is 15.4. The minimum absolute atomic E-state index is 0.0487. The molecular weight excluding hydrogens is 316 g/mol. The van der Waals surface area contributed by atoms with Crippen LogP contribution in [0.3, 0.4) is 0 Å². The lowest BCUT2D eigenvalue weighted by Gasteiger charge is -2.15. The molecule has 2 heterocycles. The second-order valence-corrected chi connectivity index (χ2v) is 6.13. The quantitative estimate of drug-likeness (QED) is 0.732. The van der Waals surface area contributed by atoms with Gasteiger partial charge in [0, 0.05) is 30.7 Å². The van der Waals surface area contributed by atoms with Gasteiger partial charge in [-0.1, -0.05) is 35.5 Å². The maximum Gasteiger partial charge on any atom is 0.254 e. The first-order chi connectivity index (χ1) is 12.2. The van der Waals surface area contributed by atoms with Crippen molar-refractivity contribution >= 4 is 5.91 Å². The topological polar surface area (TPSA) is 55.6 Å². The van der Waals surface area contributed by atoms with Crippen LogP contribution in [0.2, 0.25) is 0 Å². The maximum absolute atomic E-state index is 12.6. The van der Waals surface area contributed by atoms with Crippen molar-refractivity contribution in [1.29, 1.82) is 0 Å². The number of carbonyl (C=O) groups is 1. The number of rotatable bonds is 4. The molecule has 0 saturated heterocycles. The number of nitrogens with zero attached hydrogens (tertiary/aromatic N) is 2. The number of carbonyl (C=O) groups excluding carboxylic acids is 1. The predicted molar refractivity (Wildman–Crippen MR) is 93.4 cm³/mol. The van der Waals surface area contributed by atoms with Crippen LogP contribution in [0.25, 0.3) is 11.3 Å². The summed E-state index contributed by atoms with van der Waals surface area (Å²) in [7, 11) is 1.76. The smallest absolute Gasteiger partial charge is 0.254 e. The van der Waals surface area contributed by atoms with Crippen LogP contribution in [0.15, 0.2) is 59.1 Å². The Labute approximate surface area is 145 Å². The molecule has 1 aliphatic heterocycles. The number of hydrogen-bond donors (Lipinski definition) is 0. The maximum atomic E-state index is 12.6. The van der Waals surface area contributed by atoms with Crippen molar-refractivity contribution < 1.29 is 14.1 Å². The van der Waals surface area contributed by atoms with Gasteiger partial charge in [-0.3, -0.25) is 4.79 Å². The average Bonchev–Trinajstić information content (AvgIpc) is 3.30. The van der Waals surface area contributed by atoms with Gasteiger partial charge in [0.15, 0.2) is 5.76 Å². The van der Waals surface area contributed by atoms with Gasteiger partial charge in [0.05, 0.1) is 13.2 Å². The van der Waals surface area contributed by atoms with Gasteiger partial charge in [0.2, 0.25) is 0 Å². The van der Waals surface area contributed by atoms with E-state index in [4.69, 9.17) is 9.26 Å². The molecule has 126 valence electrons. The Morgan fingerprint density at radius 3 is 2.84 bits per heavy atom. The largest absolute Gasteiger partial charge is 0.493 e. The first-order valence-corrected chi connectivity index (χ1v) is 8.23. The van der Waals surface area contributed by atoms with Crippen molar-refractivity contribution in [3.63, 3.8) is 0 Å². The molecule has 0 saturated carbocycles. The van der Waals surface area contributed by atoms with E-state index in [-0.39, 0.29) is 5.91 Å². The minimum Gasteiger partial charge on any atom is -0.493 e. The standard InChI is InChI=1S/C20H18N2O3/c1-22(20(23)16-7-8-19-15(11-16)9-10-24-19)13-17-12-18(21-25-17)14-5-3-2-4-6-14/h2-8,11-12H,9-10,13H2,1H3. The second-order valence-electron chi connectivity index (χ2n) is 6.13. The summed E-state index contributed by atoms with van der Waals surface area (Å²) in [6.45, 7) is 1.05. The van der Waals surface area contributed by atoms with E-state index in [1.54, 1.807) is 18.0 Å². The van der Waals surface area contributed by atoms with Crippen LogP contribution in [0, 0.1) is 0 Å². The second kappa shape index (κ2) is 6.43. The monoisotopic (exact) mass is 334 g/mol. The summed E-state index contributed by atoms with van der Waals surface area (Å²) >= 11 is 0. The van der Waals surface area contributed by atoms with Crippen molar-refractivity contribution in [1.82, 2.24) is 10.1 Å². The highest BCUT2D eigenvalue weighted by atomic mass is 16.5.